The van der Waals surface area contributed by atoms with Crippen LogP contribution in [-0.4, -0.2) is 16.1 Å². The van der Waals surface area contributed by atoms with Gasteiger partial charge in [0.2, 0.25) is 0 Å². The summed E-state index contributed by atoms with van der Waals surface area (Å²) in [5.74, 6) is 0.102. The van der Waals surface area contributed by atoms with Crippen molar-refractivity contribution in [3.8, 4) is 0 Å². The molecule has 0 unspecified atom stereocenters. The second-order valence-corrected chi connectivity index (χ2v) is 3.32. The highest BCUT2D eigenvalue weighted by atomic mass is 79.9. The summed E-state index contributed by atoms with van der Waals surface area (Å²) in [5.41, 5.74) is 1.54. The van der Waals surface area contributed by atoms with Crippen LogP contribution < -0.4 is 0 Å². The van der Waals surface area contributed by atoms with E-state index in [1.54, 1.807) is 6.20 Å². The van der Waals surface area contributed by atoms with Crippen molar-refractivity contribution in [2.24, 2.45) is 0 Å². The predicted molar refractivity (Wildman–Crippen MR) is 51.7 cm³/mol. The lowest BCUT2D eigenvalue weighted by Crippen LogP contribution is -2.04. The second kappa shape index (κ2) is 4.36. The quantitative estimate of drug-likeness (QED) is 0.587. The van der Waals surface area contributed by atoms with Gasteiger partial charge in [-0.3, -0.25) is 9.78 Å². The molecule has 64 valence electrons. The standard InChI is InChI=1S/C9H10BrNO/c1-7-3-2-6-11-9(7)8(12)4-5-10/h2-3,6H,4-5H2,1H3. The zero-order valence-electron chi connectivity index (χ0n) is 6.88. The van der Waals surface area contributed by atoms with E-state index in [1.165, 1.54) is 0 Å². The largest absolute Gasteiger partial charge is 0.292 e. The van der Waals surface area contributed by atoms with Gasteiger partial charge in [-0.2, -0.15) is 0 Å². The van der Waals surface area contributed by atoms with E-state index in [4.69, 9.17) is 0 Å². The first kappa shape index (κ1) is 9.39. The first-order chi connectivity index (χ1) is 5.75. The minimum absolute atomic E-state index is 0.102. The minimum atomic E-state index is 0.102. The van der Waals surface area contributed by atoms with Gasteiger partial charge < -0.3 is 0 Å². The third-order valence-corrected chi connectivity index (χ3v) is 1.99. The molecule has 1 aromatic rings. The maximum absolute atomic E-state index is 11.4. The average Bonchev–Trinajstić information content (AvgIpc) is 2.05. The number of hydrogen-bond donors (Lipinski definition) is 0. The predicted octanol–water partition coefficient (Wildman–Crippen LogP) is 2.36. The van der Waals surface area contributed by atoms with Crippen molar-refractivity contribution in [3.63, 3.8) is 0 Å². The smallest absolute Gasteiger partial charge is 0.182 e. The number of aryl methyl sites for hydroxylation is 1. The van der Waals surface area contributed by atoms with Crippen molar-refractivity contribution in [3.05, 3.63) is 29.6 Å². The molecular weight excluding hydrogens is 218 g/mol. The molecule has 0 radical (unpaired) electrons. The molecule has 1 rings (SSSR count). The molecular formula is C9H10BrNO. The molecule has 0 spiro atoms. The molecule has 0 fully saturated rings. The van der Waals surface area contributed by atoms with Crippen LogP contribution in [0.4, 0.5) is 0 Å². The van der Waals surface area contributed by atoms with Gasteiger partial charge in [-0.1, -0.05) is 22.0 Å². The fourth-order valence-corrected chi connectivity index (χ4v) is 1.34. The number of hydrogen-bond acceptors (Lipinski definition) is 2. The van der Waals surface area contributed by atoms with Crippen LogP contribution in [-0.2, 0) is 0 Å². The SMILES string of the molecule is Cc1cccnc1C(=O)CCBr. The molecule has 0 atom stereocenters. The second-order valence-electron chi connectivity index (χ2n) is 2.53. The van der Waals surface area contributed by atoms with Crippen LogP contribution in [0.25, 0.3) is 0 Å². The summed E-state index contributed by atoms with van der Waals surface area (Å²) in [6.07, 6.45) is 2.16. The van der Waals surface area contributed by atoms with Gasteiger partial charge in [-0.05, 0) is 18.6 Å². The van der Waals surface area contributed by atoms with Crippen molar-refractivity contribution < 1.29 is 4.79 Å². The highest BCUT2D eigenvalue weighted by Gasteiger charge is 2.07. The number of pyridine rings is 1. The molecule has 0 bridgehead atoms. The normalized spacial score (nSPS) is 9.83. The molecule has 0 amide bonds. The highest BCUT2D eigenvalue weighted by Crippen LogP contribution is 2.06. The maximum atomic E-state index is 11.4. The van der Waals surface area contributed by atoms with Crippen LogP contribution >= 0.6 is 15.9 Å². The maximum Gasteiger partial charge on any atom is 0.182 e. The van der Waals surface area contributed by atoms with E-state index in [0.29, 0.717) is 17.4 Å². The van der Waals surface area contributed by atoms with Crippen molar-refractivity contribution in [2.45, 2.75) is 13.3 Å². The molecule has 0 aliphatic carbocycles. The summed E-state index contributed by atoms with van der Waals surface area (Å²) >= 11 is 3.22. The first-order valence-corrected chi connectivity index (χ1v) is 4.88. The van der Waals surface area contributed by atoms with E-state index in [-0.39, 0.29) is 5.78 Å². The van der Waals surface area contributed by atoms with Crippen molar-refractivity contribution in [1.29, 1.82) is 0 Å². The van der Waals surface area contributed by atoms with Crippen LogP contribution in [0, 0.1) is 6.92 Å². The van der Waals surface area contributed by atoms with Crippen molar-refractivity contribution in [2.75, 3.05) is 5.33 Å². The molecule has 0 aromatic carbocycles. The van der Waals surface area contributed by atoms with Crippen molar-refractivity contribution in [1.82, 2.24) is 4.98 Å². The number of carbonyl (C=O) groups is 1. The fourth-order valence-electron chi connectivity index (χ4n) is 0.982. The Bertz CT molecular complexity index is 286. The van der Waals surface area contributed by atoms with E-state index in [2.05, 4.69) is 20.9 Å². The third kappa shape index (κ3) is 2.14. The molecule has 1 aromatic heterocycles. The molecule has 12 heavy (non-hydrogen) atoms. The summed E-state index contributed by atoms with van der Waals surface area (Å²) in [6, 6.07) is 3.73. The third-order valence-electron chi connectivity index (χ3n) is 1.60. The van der Waals surface area contributed by atoms with Crippen LogP contribution in [0.5, 0.6) is 0 Å². The fraction of sp³-hybridized carbons (Fsp3) is 0.333. The van der Waals surface area contributed by atoms with Crippen LogP contribution in [0.2, 0.25) is 0 Å². The zero-order chi connectivity index (χ0) is 8.97. The number of ketones is 1. The molecule has 0 N–H and O–H groups in total. The lowest BCUT2D eigenvalue weighted by molar-refractivity contribution is 0.0984. The molecule has 0 aliphatic heterocycles. The molecule has 0 aliphatic rings. The molecule has 3 heteroatoms. The lowest BCUT2D eigenvalue weighted by Gasteiger charge is -2.00. The van der Waals surface area contributed by atoms with E-state index in [0.717, 1.165) is 5.56 Å². The van der Waals surface area contributed by atoms with Gasteiger partial charge in [0, 0.05) is 17.9 Å². The van der Waals surface area contributed by atoms with E-state index in [1.807, 2.05) is 19.1 Å². The molecule has 0 saturated heterocycles. The van der Waals surface area contributed by atoms with Gasteiger partial charge in [-0.25, -0.2) is 0 Å². The Morgan fingerprint density at radius 3 is 3.00 bits per heavy atom. The van der Waals surface area contributed by atoms with Gasteiger partial charge in [0.25, 0.3) is 0 Å². The van der Waals surface area contributed by atoms with E-state index >= 15 is 0 Å². The molecule has 1 heterocycles. The Morgan fingerprint density at radius 2 is 2.42 bits per heavy atom. The Labute approximate surface area is 80.1 Å². The zero-order valence-corrected chi connectivity index (χ0v) is 8.47. The Morgan fingerprint density at radius 1 is 1.67 bits per heavy atom. The van der Waals surface area contributed by atoms with Gasteiger partial charge in [0.05, 0.1) is 0 Å². The number of nitrogens with zero attached hydrogens (tertiary/aromatic N) is 1. The Balaban J connectivity index is 2.87. The number of carbonyl (C=O) groups excluding carboxylic acids is 1. The first-order valence-electron chi connectivity index (χ1n) is 3.76. The summed E-state index contributed by atoms with van der Waals surface area (Å²) in [4.78, 5) is 15.4. The summed E-state index contributed by atoms with van der Waals surface area (Å²) < 4.78 is 0. The Kier molecular flexibility index (Phi) is 3.41. The van der Waals surface area contributed by atoms with Crippen molar-refractivity contribution >= 4 is 21.7 Å². The average molecular weight is 228 g/mol. The van der Waals surface area contributed by atoms with Crippen LogP contribution in [0.3, 0.4) is 0 Å². The monoisotopic (exact) mass is 227 g/mol. The number of alkyl halides is 1. The van der Waals surface area contributed by atoms with Gasteiger partial charge in [0.1, 0.15) is 5.69 Å². The molecule has 0 saturated carbocycles. The highest BCUT2D eigenvalue weighted by molar-refractivity contribution is 9.09. The summed E-state index contributed by atoms with van der Waals surface area (Å²) in [5, 5.41) is 0.696. The lowest BCUT2D eigenvalue weighted by atomic mass is 10.1. The Hall–Kier alpha value is -0.700. The summed E-state index contributed by atoms with van der Waals surface area (Å²) in [7, 11) is 0. The van der Waals surface area contributed by atoms with Crippen LogP contribution in [0.1, 0.15) is 22.5 Å². The summed E-state index contributed by atoms with van der Waals surface area (Å²) in [6.45, 7) is 1.90. The number of halogens is 1. The van der Waals surface area contributed by atoms with E-state index < -0.39 is 0 Å². The van der Waals surface area contributed by atoms with Gasteiger partial charge in [-0.15, -0.1) is 0 Å². The number of Topliss-reactive ketones (excluding diaryl/α,β-unsaturated/α-hetero) is 1. The van der Waals surface area contributed by atoms with Crippen LogP contribution in [0.15, 0.2) is 18.3 Å². The molecule has 2 nitrogen and oxygen atoms in total. The minimum Gasteiger partial charge on any atom is -0.292 e. The van der Waals surface area contributed by atoms with E-state index in [9.17, 15) is 4.79 Å². The number of rotatable bonds is 3. The van der Waals surface area contributed by atoms with Gasteiger partial charge in [0.15, 0.2) is 5.78 Å². The topological polar surface area (TPSA) is 30.0 Å². The van der Waals surface area contributed by atoms with Gasteiger partial charge >= 0.3 is 0 Å². The number of aromatic nitrogens is 1.